The summed E-state index contributed by atoms with van der Waals surface area (Å²) in [4.78, 5) is 2.13. The monoisotopic (exact) mass is 356 g/mol. The molecule has 0 saturated heterocycles. The second-order valence-corrected chi connectivity index (χ2v) is 7.50. The molecular formula is C16H12N4O2S2. The number of benzene rings is 1. The van der Waals surface area contributed by atoms with E-state index in [2.05, 4.69) is 32.8 Å². The maximum atomic E-state index is 5.43. The first-order valence-corrected chi connectivity index (χ1v) is 9.16. The van der Waals surface area contributed by atoms with Gasteiger partial charge in [0.15, 0.2) is 17.3 Å². The topological polar surface area (TPSA) is 61.5 Å². The van der Waals surface area contributed by atoms with Crippen LogP contribution in [0.3, 0.4) is 0 Å². The van der Waals surface area contributed by atoms with Crippen molar-refractivity contribution in [3.05, 3.63) is 57.0 Å². The van der Waals surface area contributed by atoms with Crippen molar-refractivity contribution in [3.63, 3.8) is 0 Å². The quantitative estimate of drug-likeness (QED) is 0.562. The highest BCUT2D eigenvalue weighted by atomic mass is 32.1. The summed E-state index contributed by atoms with van der Waals surface area (Å²) in [5.74, 6) is 2.40. The fraction of sp³-hybridized carbons (Fsp3) is 0.188. The predicted molar refractivity (Wildman–Crippen MR) is 91.2 cm³/mol. The lowest BCUT2D eigenvalue weighted by molar-refractivity contribution is 0.174. The maximum absolute atomic E-state index is 5.43. The Bertz CT molecular complexity index is 1010. The zero-order chi connectivity index (χ0) is 15.9. The molecule has 0 saturated carbocycles. The summed E-state index contributed by atoms with van der Waals surface area (Å²) in [6.07, 6.45) is 1.50. The van der Waals surface area contributed by atoms with Gasteiger partial charge in [-0.1, -0.05) is 23.5 Å². The van der Waals surface area contributed by atoms with Crippen molar-refractivity contribution in [3.8, 4) is 11.5 Å². The molecule has 8 heteroatoms. The summed E-state index contributed by atoms with van der Waals surface area (Å²) < 4.78 is 12.6. The Kier molecular flexibility index (Phi) is 3.24. The Hall–Kier alpha value is -2.45. The van der Waals surface area contributed by atoms with Crippen LogP contribution in [-0.4, -0.2) is 26.6 Å². The van der Waals surface area contributed by atoms with Crippen molar-refractivity contribution >= 4 is 27.6 Å². The van der Waals surface area contributed by atoms with E-state index in [1.54, 1.807) is 22.7 Å². The summed E-state index contributed by atoms with van der Waals surface area (Å²) in [7, 11) is 0. The van der Waals surface area contributed by atoms with E-state index in [-0.39, 0.29) is 6.79 Å². The van der Waals surface area contributed by atoms with Gasteiger partial charge in [-0.25, -0.2) is 0 Å². The van der Waals surface area contributed by atoms with E-state index in [4.69, 9.17) is 9.47 Å². The molecule has 0 unspecified atom stereocenters. The minimum Gasteiger partial charge on any atom is -0.454 e. The van der Waals surface area contributed by atoms with Crippen molar-refractivity contribution in [1.82, 2.24) is 19.8 Å². The molecule has 1 aliphatic rings. The lowest BCUT2D eigenvalue weighted by Gasteiger charge is -2.01. The standard InChI is InChI=1S/C16H12N4O2S2/c1-2-11(23-5-1)8-15-19-20-14(17-18-16(20)24-15)7-10-3-4-12-13(6-10)22-9-21-12/h1-6H,7-9H2. The first-order valence-electron chi connectivity index (χ1n) is 7.46. The molecular weight excluding hydrogens is 344 g/mol. The summed E-state index contributed by atoms with van der Waals surface area (Å²) in [6, 6.07) is 10.1. The van der Waals surface area contributed by atoms with E-state index in [1.165, 1.54) is 4.88 Å². The largest absolute Gasteiger partial charge is 0.454 e. The molecule has 1 aromatic carbocycles. The van der Waals surface area contributed by atoms with Gasteiger partial charge in [-0.05, 0) is 29.1 Å². The highest BCUT2D eigenvalue weighted by Gasteiger charge is 2.16. The molecule has 0 atom stereocenters. The molecule has 0 fully saturated rings. The number of hydrogen-bond donors (Lipinski definition) is 0. The van der Waals surface area contributed by atoms with Gasteiger partial charge in [0.1, 0.15) is 5.01 Å². The summed E-state index contributed by atoms with van der Waals surface area (Å²) in [5.41, 5.74) is 1.10. The first kappa shape index (κ1) is 13.9. The van der Waals surface area contributed by atoms with Crippen LogP contribution < -0.4 is 9.47 Å². The van der Waals surface area contributed by atoms with Gasteiger partial charge in [0, 0.05) is 17.7 Å². The SMILES string of the molecule is c1csc(Cc2nn3c(Cc4ccc5c(c4)OCO5)nnc3s2)c1. The average molecular weight is 356 g/mol. The van der Waals surface area contributed by atoms with Crippen LogP contribution in [0.15, 0.2) is 35.7 Å². The Morgan fingerprint density at radius 2 is 2.04 bits per heavy atom. The molecule has 5 rings (SSSR count). The van der Waals surface area contributed by atoms with Gasteiger partial charge in [0.05, 0.1) is 0 Å². The van der Waals surface area contributed by atoms with Crippen LogP contribution in [0.1, 0.15) is 21.3 Å². The Morgan fingerprint density at radius 1 is 1.08 bits per heavy atom. The van der Waals surface area contributed by atoms with E-state index in [9.17, 15) is 0 Å². The molecule has 0 N–H and O–H groups in total. The van der Waals surface area contributed by atoms with Crippen LogP contribution in [0, 0.1) is 0 Å². The minimum atomic E-state index is 0.284. The average Bonchev–Trinajstić information content (AvgIpc) is 3.34. The van der Waals surface area contributed by atoms with Crippen molar-refractivity contribution in [1.29, 1.82) is 0 Å². The molecule has 120 valence electrons. The number of fused-ring (bicyclic) bond motifs is 2. The van der Waals surface area contributed by atoms with Crippen molar-refractivity contribution < 1.29 is 9.47 Å². The molecule has 4 heterocycles. The lowest BCUT2D eigenvalue weighted by atomic mass is 10.1. The van der Waals surface area contributed by atoms with E-state index >= 15 is 0 Å². The highest BCUT2D eigenvalue weighted by Crippen LogP contribution is 2.33. The van der Waals surface area contributed by atoms with Crippen LogP contribution in [0.4, 0.5) is 0 Å². The number of rotatable bonds is 4. The second kappa shape index (κ2) is 5.57. The fourth-order valence-electron chi connectivity index (χ4n) is 2.67. The van der Waals surface area contributed by atoms with Crippen LogP contribution in [0.25, 0.3) is 4.96 Å². The summed E-state index contributed by atoms with van der Waals surface area (Å²) in [6.45, 7) is 0.284. The Morgan fingerprint density at radius 3 is 2.96 bits per heavy atom. The van der Waals surface area contributed by atoms with Gasteiger partial charge in [-0.15, -0.1) is 21.5 Å². The van der Waals surface area contributed by atoms with Gasteiger partial charge in [0.25, 0.3) is 0 Å². The number of aromatic nitrogens is 4. The summed E-state index contributed by atoms with van der Waals surface area (Å²) >= 11 is 3.33. The van der Waals surface area contributed by atoms with Crippen molar-refractivity contribution in [2.75, 3.05) is 6.79 Å². The molecule has 3 aromatic heterocycles. The molecule has 0 amide bonds. The summed E-state index contributed by atoms with van der Waals surface area (Å²) in [5, 5.41) is 16.3. The fourth-order valence-corrected chi connectivity index (χ4v) is 4.35. The zero-order valence-electron chi connectivity index (χ0n) is 12.5. The van der Waals surface area contributed by atoms with Crippen LogP contribution in [-0.2, 0) is 12.8 Å². The number of thiophene rings is 1. The lowest BCUT2D eigenvalue weighted by Crippen LogP contribution is -1.98. The molecule has 4 aromatic rings. The maximum Gasteiger partial charge on any atom is 0.234 e. The van der Waals surface area contributed by atoms with Crippen LogP contribution in [0.5, 0.6) is 11.5 Å². The van der Waals surface area contributed by atoms with Crippen molar-refractivity contribution in [2.24, 2.45) is 0 Å². The van der Waals surface area contributed by atoms with Crippen LogP contribution in [0.2, 0.25) is 0 Å². The minimum absolute atomic E-state index is 0.284. The smallest absolute Gasteiger partial charge is 0.234 e. The Balaban J connectivity index is 1.43. The first-order chi connectivity index (χ1) is 11.8. The normalized spacial score (nSPS) is 13.0. The van der Waals surface area contributed by atoms with Crippen LogP contribution >= 0.6 is 22.7 Å². The molecule has 0 aliphatic carbocycles. The number of ether oxygens (including phenoxy) is 2. The van der Waals surface area contributed by atoms with Gasteiger partial charge >= 0.3 is 0 Å². The zero-order valence-corrected chi connectivity index (χ0v) is 14.1. The molecule has 1 aliphatic heterocycles. The second-order valence-electron chi connectivity index (χ2n) is 5.43. The molecule has 0 spiro atoms. The number of hydrogen-bond acceptors (Lipinski definition) is 7. The Labute approximate surface area is 145 Å². The predicted octanol–water partition coefficient (Wildman–Crippen LogP) is 3.16. The van der Waals surface area contributed by atoms with Gasteiger partial charge < -0.3 is 9.47 Å². The molecule has 0 bridgehead atoms. The van der Waals surface area contributed by atoms with Gasteiger partial charge in [-0.2, -0.15) is 9.61 Å². The third-order valence-corrected chi connectivity index (χ3v) is 5.58. The van der Waals surface area contributed by atoms with E-state index in [1.807, 2.05) is 22.7 Å². The van der Waals surface area contributed by atoms with Gasteiger partial charge in [-0.3, -0.25) is 0 Å². The third kappa shape index (κ3) is 2.44. The molecule has 6 nitrogen and oxygen atoms in total. The van der Waals surface area contributed by atoms with Crippen molar-refractivity contribution in [2.45, 2.75) is 12.8 Å². The molecule has 0 radical (unpaired) electrons. The van der Waals surface area contributed by atoms with E-state index < -0.39 is 0 Å². The van der Waals surface area contributed by atoms with E-state index in [0.29, 0.717) is 6.42 Å². The van der Waals surface area contributed by atoms with Gasteiger partial charge in [0.2, 0.25) is 11.8 Å². The highest BCUT2D eigenvalue weighted by molar-refractivity contribution is 7.17. The number of nitrogens with zero attached hydrogens (tertiary/aromatic N) is 4. The third-order valence-electron chi connectivity index (χ3n) is 3.80. The van der Waals surface area contributed by atoms with E-state index in [0.717, 1.165) is 39.3 Å². The molecule has 24 heavy (non-hydrogen) atoms.